The lowest BCUT2D eigenvalue weighted by molar-refractivity contribution is -0.152. The van der Waals surface area contributed by atoms with Crippen molar-refractivity contribution in [2.45, 2.75) is 44.7 Å². The van der Waals surface area contributed by atoms with Crippen LogP contribution in [-0.4, -0.2) is 53.7 Å². The minimum Gasteiger partial charge on any atom is -0.398 e. The molecule has 1 saturated heterocycles. The summed E-state index contributed by atoms with van der Waals surface area (Å²) in [5, 5.41) is 3.08. The van der Waals surface area contributed by atoms with Crippen LogP contribution in [0.2, 0.25) is 0 Å². The van der Waals surface area contributed by atoms with Crippen LogP contribution in [0.4, 0.5) is 5.69 Å². The van der Waals surface area contributed by atoms with Gasteiger partial charge in [0.1, 0.15) is 6.04 Å². The predicted octanol–water partition coefficient (Wildman–Crippen LogP) is 1.55. The number of imide groups is 1. The summed E-state index contributed by atoms with van der Waals surface area (Å²) in [7, 11) is 1.90. The molecule has 3 amide bonds. The highest BCUT2D eigenvalue weighted by Crippen LogP contribution is 2.32. The number of nitrogens with zero attached hydrogens (tertiary/aromatic N) is 2. The maximum atomic E-state index is 12.9. The van der Waals surface area contributed by atoms with Crippen molar-refractivity contribution in [1.29, 1.82) is 0 Å². The first-order valence-electron chi connectivity index (χ1n) is 9.21. The van der Waals surface area contributed by atoms with E-state index in [0.717, 1.165) is 31.4 Å². The molecule has 1 atom stereocenters. The second kappa shape index (κ2) is 9.19. The fraction of sp³-hybridized carbons (Fsp3) is 0.526. The smallest absolute Gasteiger partial charge is 0.255 e. The predicted molar refractivity (Wildman–Crippen MR) is 105 cm³/mol. The third kappa shape index (κ3) is 4.25. The van der Waals surface area contributed by atoms with Crippen molar-refractivity contribution in [3.63, 3.8) is 0 Å². The number of hydrogen-bond acceptors (Lipinski definition) is 5. The van der Waals surface area contributed by atoms with Crippen LogP contribution in [0.3, 0.4) is 0 Å². The van der Waals surface area contributed by atoms with Crippen LogP contribution < -0.4 is 11.1 Å². The van der Waals surface area contributed by atoms with Gasteiger partial charge in [-0.3, -0.25) is 19.3 Å². The number of fused-ring (bicyclic) bond motifs is 1. The van der Waals surface area contributed by atoms with Crippen molar-refractivity contribution < 1.29 is 14.4 Å². The number of halogens is 1. The average molecular weight is 395 g/mol. The van der Waals surface area contributed by atoms with Crippen LogP contribution >= 0.6 is 12.4 Å². The number of hydrogen-bond donors (Lipinski definition) is 2. The van der Waals surface area contributed by atoms with Gasteiger partial charge in [0.15, 0.2) is 0 Å². The van der Waals surface area contributed by atoms with E-state index in [1.54, 1.807) is 23.1 Å². The molecule has 2 aliphatic heterocycles. The molecule has 0 bridgehead atoms. The number of unbranched alkanes of at least 4 members (excludes halogenated alkanes) is 2. The van der Waals surface area contributed by atoms with E-state index in [1.165, 1.54) is 4.90 Å². The topological polar surface area (TPSA) is 95.7 Å². The van der Waals surface area contributed by atoms with E-state index in [2.05, 4.69) is 5.32 Å². The number of rotatable bonds is 7. The molecule has 1 fully saturated rings. The minimum atomic E-state index is -0.579. The fourth-order valence-electron chi connectivity index (χ4n) is 3.72. The lowest BCUT2D eigenvalue weighted by atomic mass is 10.0. The Labute approximate surface area is 165 Å². The third-order valence-corrected chi connectivity index (χ3v) is 5.20. The zero-order chi connectivity index (χ0) is 18.7. The molecular formula is C19H27ClN4O3. The van der Waals surface area contributed by atoms with Crippen molar-refractivity contribution in [3.05, 3.63) is 29.3 Å². The number of nitrogens with one attached hydrogen (secondary N) is 1. The summed E-state index contributed by atoms with van der Waals surface area (Å²) in [6.45, 7) is 1.68. The van der Waals surface area contributed by atoms with Gasteiger partial charge in [-0.05, 0) is 45.0 Å². The molecule has 148 valence electrons. The molecule has 7 nitrogen and oxygen atoms in total. The monoisotopic (exact) mass is 394 g/mol. The third-order valence-electron chi connectivity index (χ3n) is 5.20. The fourth-order valence-corrected chi connectivity index (χ4v) is 3.72. The largest absolute Gasteiger partial charge is 0.398 e. The Bertz CT molecular complexity index is 725. The molecule has 0 radical (unpaired) electrons. The standard InChI is InChI=1S/C19H26N4O3.ClH/c1-21-10-3-2-4-11-22-17(24)9-8-16(19(22)26)23-12-14-13(18(23)25)6-5-7-15(14)20;/h5-7,16,21H,2-4,8-12,20H2,1H3;1H. The molecule has 0 aliphatic carbocycles. The number of likely N-dealkylation sites (tertiary alicyclic amines) is 1. The minimum absolute atomic E-state index is 0. The van der Waals surface area contributed by atoms with Gasteiger partial charge in [0.25, 0.3) is 11.8 Å². The first-order chi connectivity index (χ1) is 12.5. The molecule has 27 heavy (non-hydrogen) atoms. The molecule has 3 N–H and O–H groups in total. The normalized spacial score (nSPS) is 19.3. The van der Waals surface area contributed by atoms with Gasteiger partial charge in [-0.2, -0.15) is 0 Å². The van der Waals surface area contributed by atoms with E-state index in [4.69, 9.17) is 5.73 Å². The highest BCUT2D eigenvalue weighted by molar-refractivity contribution is 6.06. The van der Waals surface area contributed by atoms with Crippen molar-refractivity contribution in [2.75, 3.05) is 25.9 Å². The molecule has 1 unspecified atom stereocenters. The molecule has 0 aromatic heterocycles. The summed E-state index contributed by atoms with van der Waals surface area (Å²) in [5.74, 6) is -0.563. The van der Waals surface area contributed by atoms with Crippen molar-refractivity contribution in [3.8, 4) is 0 Å². The molecule has 0 saturated carbocycles. The number of anilines is 1. The molecule has 2 aliphatic rings. The summed E-state index contributed by atoms with van der Waals surface area (Å²) >= 11 is 0. The molecule has 0 spiro atoms. The van der Waals surface area contributed by atoms with Gasteiger partial charge in [-0.25, -0.2) is 0 Å². The number of carbonyl (C=O) groups excluding carboxylic acids is 3. The maximum absolute atomic E-state index is 12.9. The Balaban J connectivity index is 0.00000261. The summed E-state index contributed by atoms with van der Waals surface area (Å²) in [6.07, 6.45) is 3.42. The molecule has 8 heteroatoms. The zero-order valence-corrected chi connectivity index (χ0v) is 16.4. The average Bonchev–Trinajstić information content (AvgIpc) is 2.96. The first-order valence-corrected chi connectivity index (χ1v) is 9.21. The van der Waals surface area contributed by atoms with Gasteiger partial charge in [-0.1, -0.05) is 12.5 Å². The molecule has 2 heterocycles. The van der Waals surface area contributed by atoms with Gasteiger partial charge in [-0.15, -0.1) is 12.4 Å². The lowest BCUT2D eigenvalue weighted by Crippen LogP contribution is -2.54. The van der Waals surface area contributed by atoms with E-state index in [9.17, 15) is 14.4 Å². The van der Waals surface area contributed by atoms with Gasteiger partial charge in [0.2, 0.25) is 5.91 Å². The van der Waals surface area contributed by atoms with Gasteiger partial charge >= 0.3 is 0 Å². The Morgan fingerprint density at radius 2 is 1.96 bits per heavy atom. The highest BCUT2D eigenvalue weighted by Gasteiger charge is 2.42. The Morgan fingerprint density at radius 1 is 1.19 bits per heavy atom. The first kappa shape index (κ1) is 21.2. The SMILES string of the molecule is CNCCCCCN1C(=O)CCC(N2Cc3c(N)cccc3C2=O)C1=O.Cl. The molecule has 1 aromatic carbocycles. The van der Waals surface area contributed by atoms with Crippen molar-refractivity contribution in [2.24, 2.45) is 0 Å². The zero-order valence-electron chi connectivity index (χ0n) is 15.6. The summed E-state index contributed by atoms with van der Waals surface area (Å²) in [4.78, 5) is 40.7. The van der Waals surface area contributed by atoms with Crippen molar-refractivity contribution in [1.82, 2.24) is 15.1 Å². The number of benzene rings is 1. The number of nitrogen functional groups attached to an aromatic ring is 1. The molecular weight excluding hydrogens is 368 g/mol. The van der Waals surface area contributed by atoms with Gasteiger partial charge < -0.3 is 16.0 Å². The summed E-state index contributed by atoms with van der Waals surface area (Å²) in [6, 6.07) is 4.68. The van der Waals surface area contributed by atoms with Gasteiger partial charge in [0, 0.05) is 36.3 Å². The second-order valence-corrected chi connectivity index (χ2v) is 6.91. The van der Waals surface area contributed by atoms with Crippen molar-refractivity contribution >= 4 is 35.8 Å². The summed E-state index contributed by atoms with van der Waals surface area (Å²) in [5.41, 5.74) is 7.89. The van der Waals surface area contributed by atoms with E-state index in [1.807, 2.05) is 7.05 Å². The van der Waals surface area contributed by atoms with Gasteiger partial charge in [0.05, 0.1) is 0 Å². The van der Waals surface area contributed by atoms with Crippen LogP contribution in [0.25, 0.3) is 0 Å². The number of piperidine rings is 1. The Morgan fingerprint density at radius 3 is 2.67 bits per heavy atom. The van der Waals surface area contributed by atoms with Crippen LogP contribution in [0.15, 0.2) is 18.2 Å². The molecule has 1 aromatic rings. The second-order valence-electron chi connectivity index (χ2n) is 6.91. The maximum Gasteiger partial charge on any atom is 0.255 e. The van der Waals surface area contributed by atoms with Crippen LogP contribution in [0.1, 0.15) is 48.0 Å². The lowest BCUT2D eigenvalue weighted by Gasteiger charge is -2.35. The van der Waals surface area contributed by atoms with E-state index < -0.39 is 6.04 Å². The van der Waals surface area contributed by atoms with Crippen LogP contribution in [0.5, 0.6) is 0 Å². The highest BCUT2D eigenvalue weighted by atomic mass is 35.5. The van der Waals surface area contributed by atoms with E-state index in [-0.39, 0.29) is 30.1 Å². The Kier molecular flexibility index (Phi) is 7.21. The number of carbonyl (C=O) groups is 3. The van der Waals surface area contributed by atoms with E-state index in [0.29, 0.717) is 37.2 Å². The van der Waals surface area contributed by atoms with Crippen LogP contribution in [-0.2, 0) is 16.1 Å². The number of nitrogens with two attached hydrogens (primary N) is 1. The Hall–Kier alpha value is -2.12. The van der Waals surface area contributed by atoms with E-state index >= 15 is 0 Å². The van der Waals surface area contributed by atoms with Crippen LogP contribution in [0, 0.1) is 0 Å². The number of amides is 3. The molecule has 3 rings (SSSR count). The summed E-state index contributed by atoms with van der Waals surface area (Å²) < 4.78 is 0. The quantitative estimate of drug-likeness (QED) is 0.415.